The third-order valence-corrected chi connectivity index (χ3v) is 4.54. The number of para-hydroxylation sites is 1. The fourth-order valence-corrected chi connectivity index (χ4v) is 3.09. The molecule has 6 heteroatoms. The minimum absolute atomic E-state index is 0.157. The van der Waals surface area contributed by atoms with Crippen molar-refractivity contribution in [1.82, 2.24) is 5.32 Å². The van der Waals surface area contributed by atoms with Crippen molar-refractivity contribution in [2.75, 3.05) is 25.7 Å². The zero-order chi connectivity index (χ0) is 18.5. The summed E-state index contributed by atoms with van der Waals surface area (Å²) in [6.45, 7) is 0.841. The summed E-state index contributed by atoms with van der Waals surface area (Å²) in [5.74, 6) is 0.246. The van der Waals surface area contributed by atoms with E-state index in [0.29, 0.717) is 31.0 Å². The summed E-state index contributed by atoms with van der Waals surface area (Å²) in [6.07, 6.45) is 0.513. The van der Waals surface area contributed by atoms with Crippen LogP contribution in [0.4, 0.5) is 5.69 Å². The van der Waals surface area contributed by atoms with Gasteiger partial charge in [-0.3, -0.25) is 9.59 Å². The highest BCUT2D eigenvalue weighted by molar-refractivity contribution is 6.09. The number of ether oxygens (including phenoxy) is 2. The zero-order valence-corrected chi connectivity index (χ0v) is 14.9. The predicted molar refractivity (Wildman–Crippen MR) is 98.3 cm³/mol. The van der Waals surface area contributed by atoms with Crippen molar-refractivity contribution in [2.45, 2.75) is 13.0 Å². The van der Waals surface area contributed by atoms with Gasteiger partial charge in [-0.15, -0.1) is 0 Å². The highest BCUT2D eigenvalue weighted by atomic mass is 16.5. The van der Waals surface area contributed by atoms with Gasteiger partial charge in [0.25, 0.3) is 0 Å². The van der Waals surface area contributed by atoms with Crippen molar-refractivity contribution in [2.24, 2.45) is 5.92 Å². The first-order chi connectivity index (χ1) is 12.6. The molecule has 1 aliphatic heterocycles. The molecule has 1 atom stereocenters. The maximum atomic E-state index is 12.6. The van der Waals surface area contributed by atoms with E-state index in [1.54, 1.807) is 25.2 Å². The number of nitrogens with zero attached hydrogens (tertiary/aromatic N) is 1. The molecular weight excluding hydrogens is 332 g/mol. The fourth-order valence-electron chi connectivity index (χ4n) is 3.09. The number of hydrogen-bond donors (Lipinski definition) is 1. The molecule has 0 spiro atoms. The van der Waals surface area contributed by atoms with Gasteiger partial charge in [0.05, 0.1) is 14.2 Å². The van der Waals surface area contributed by atoms with Crippen LogP contribution in [-0.4, -0.2) is 32.6 Å². The summed E-state index contributed by atoms with van der Waals surface area (Å²) in [5.41, 5.74) is 1.65. The quantitative estimate of drug-likeness (QED) is 0.809. The van der Waals surface area contributed by atoms with E-state index in [4.69, 9.17) is 9.47 Å². The normalized spacial score (nSPS) is 16.5. The van der Waals surface area contributed by atoms with Gasteiger partial charge in [-0.2, -0.15) is 0 Å². The number of amides is 2. The fraction of sp³-hybridized carbons (Fsp3) is 0.300. The monoisotopic (exact) mass is 354 g/mol. The Morgan fingerprint density at radius 1 is 1.15 bits per heavy atom. The number of methoxy groups -OCH3 is 2. The predicted octanol–water partition coefficient (Wildman–Crippen LogP) is 2.37. The lowest BCUT2D eigenvalue weighted by atomic mass is 10.1. The SMILES string of the molecule is COc1ccc(CNC(=O)C2CCN(c3ccccc3)C2=O)c(OC)c1. The molecule has 1 unspecified atom stereocenters. The lowest BCUT2D eigenvalue weighted by Crippen LogP contribution is -2.36. The Morgan fingerprint density at radius 3 is 2.62 bits per heavy atom. The van der Waals surface area contributed by atoms with E-state index in [1.807, 2.05) is 42.5 Å². The maximum Gasteiger partial charge on any atom is 0.239 e. The summed E-state index contributed by atoms with van der Waals surface area (Å²) in [5, 5.41) is 2.85. The molecule has 3 rings (SSSR count). The number of rotatable bonds is 6. The molecule has 0 aliphatic carbocycles. The van der Waals surface area contributed by atoms with Crippen LogP contribution >= 0.6 is 0 Å². The molecule has 1 saturated heterocycles. The van der Waals surface area contributed by atoms with Crippen LogP contribution in [0, 0.1) is 5.92 Å². The average molecular weight is 354 g/mol. The second-order valence-corrected chi connectivity index (χ2v) is 6.06. The smallest absolute Gasteiger partial charge is 0.239 e. The molecule has 6 nitrogen and oxygen atoms in total. The van der Waals surface area contributed by atoms with E-state index >= 15 is 0 Å². The highest BCUT2D eigenvalue weighted by Gasteiger charge is 2.37. The number of anilines is 1. The van der Waals surface area contributed by atoms with Gasteiger partial charge in [-0.05, 0) is 30.7 Å². The van der Waals surface area contributed by atoms with E-state index in [-0.39, 0.29) is 11.8 Å². The van der Waals surface area contributed by atoms with Crippen LogP contribution in [-0.2, 0) is 16.1 Å². The molecule has 1 N–H and O–H groups in total. The molecule has 2 aromatic rings. The van der Waals surface area contributed by atoms with Crippen LogP contribution in [0.15, 0.2) is 48.5 Å². The summed E-state index contributed by atoms with van der Waals surface area (Å²) in [7, 11) is 3.15. The third kappa shape index (κ3) is 3.64. The Hall–Kier alpha value is -3.02. The summed E-state index contributed by atoms with van der Waals surface area (Å²) in [4.78, 5) is 26.8. The van der Waals surface area contributed by atoms with Gasteiger partial charge in [0.2, 0.25) is 11.8 Å². The largest absolute Gasteiger partial charge is 0.497 e. The van der Waals surface area contributed by atoms with Crippen LogP contribution in [0.5, 0.6) is 11.5 Å². The molecule has 1 heterocycles. The van der Waals surface area contributed by atoms with Gasteiger partial charge in [-0.25, -0.2) is 0 Å². The molecule has 0 saturated carbocycles. The molecule has 0 bridgehead atoms. The van der Waals surface area contributed by atoms with Gasteiger partial charge in [0.15, 0.2) is 0 Å². The minimum Gasteiger partial charge on any atom is -0.497 e. The second-order valence-electron chi connectivity index (χ2n) is 6.06. The number of carbonyl (C=O) groups excluding carboxylic acids is 2. The molecule has 0 radical (unpaired) electrons. The summed E-state index contributed by atoms with van der Waals surface area (Å²) >= 11 is 0. The molecule has 1 fully saturated rings. The van der Waals surface area contributed by atoms with Crippen molar-refractivity contribution in [3.63, 3.8) is 0 Å². The van der Waals surface area contributed by atoms with Crippen molar-refractivity contribution >= 4 is 17.5 Å². The molecular formula is C20H22N2O4. The van der Waals surface area contributed by atoms with Crippen LogP contribution in [0.1, 0.15) is 12.0 Å². The van der Waals surface area contributed by atoms with Crippen molar-refractivity contribution < 1.29 is 19.1 Å². The van der Waals surface area contributed by atoms with Gasteiger partial charge in [0.1, 0.15) is 17.4 Å². The maximum absolute atomic E-state index is 12.6. The summed E-state index contributed by atoms with van der Waals surface area (Å²) in [6, 6.07) is 14.8. The van der Waals surface area contributed by atoms with E-state index < -0.39 is 5.92 Å². The molecule has 0 aromatic heterocycles. The highest BCUT2D eigenvalue weighted by Crippen LogP contribution is 2.26. The average Bonchev–Trinajstić information content (AvgIpc) is 3.08. The molecule has 2 aromatic carbocycles. The number of benzene rings is 2. The first-order valence-corrected chi connectivity index (χ1v) is 8.49. The van der Waals surface area contributed by atoms with E-state index in [1.165, 1.54) is 0 Å². The molecule has 26 heavy (non-hydrogen) atoms. The van der Waals surface area contributed by atoms with Crippen molar-refractivity contribution in [3.05, 3.63) is 54.1 Å². The Bertz CT molecular complexity index is 792. The number of hydrogen-bond acceptors (Lipinski definition) is 4. The van der Waals surface area contributed by atoms with Crippen LogP contribution in [0.2, 0.25) is 0 Å². The number of carbonyl (C=O) groups is 2. The number of nitrogens with one attached hydrogen (secondary N) is 1. The van der Waals surface area contributed by atoms with Gasteiger partial charge in [0, 0.05) is 30.4 Å². The molecule has 136 valence electrons. The van der Waals surface area contributed by atoms with Crippen molar-refractivity contribution in [1.29, 1.82) is 0 Å². The van der Waals surface area contributed by atoms with E-state index in [2.05, 4.69) is 5.32 Å². The van der Waals surface area contributed by atoms with Crippen LogP contribution < -0.4 is 19.7 Å². The van der Waals surface area contributed by atoms with Crippen LogP contribution in [0.3, 0.4) is 0 Å². The first-order valence-electron chi connectivity index (χ1n) is 8.49. The molecule has 1 aliphatic rings. The zero-order valence-electron chi connectivity index (χ0n) is 14.9. The Kier molecular flexibility index (Phi) is 5.41. The Labute approximate surface area is 152 Å². The third-order valence-electron chi connectivity index (χ3n) is 4.54. The van der Waals surface area contributed by atoms with Crippen molar-refractivity contribution in [3.8, 4) is 11.5 Å². The van der Waals surface area contributed by atoms with Gasteiger partial charge < -0.3 is 19.7 Å². The van der Waals surface area contributed by atoms with Gasteiger partial charge in [-0.1, -0.05) is 18.2 Å². The lowest BCUT2D eigenvalue weighted by molar-refractivity contribution is -0.132. The molecule has 2 amide bonds. The Balaban J connectivity index is 1.63. The summed E-state index contributed by atoms with van der Waals surface area (Å²) < 4.78 is 10.5. The second kappa shape index (κ2) is 7.91. The van der Waals surface area contributed by atoms with E-state index in [0.717, 1.165) is 11.3 Å². The lowest BCUT2D eigenvalue weighted by Gasteiger charge is -2.17. The topological polar surface area (TPSA) is 67.9 Å². The Morgan fingerprint density at radius 2 is 1.92 bits per heavy atom. The van der Waals surface area contributed by atoms with Crippen LogP contribution in [0.25, 0.3) is 0 Å². The first kappa shape index (κ1) is 17.8. The van der Waals surface area contributed by atoms with E-state index in [9.17, 15) is 9.59 Å². The standard InChI is InChI=1S/C20H22N2O4/c1-25-16-9-8-14(18(12-16)26-2)13-21-19(23)17-10-11-22(20(17)24)15-6-4-3-5-7-15/h3-9,12,17H,10-11,13H2,1-2H3,(H,21,23). The van der Waals surface area contributed by atoms with Gasteiger partial charge >= 0.3 is 0 Å². The minimum atomic E-state index is -0.653.